The SMILES string of the molecule is CCCCCCCCCCCCCCCc1ccc2c(CCCCCCCCCCCCCCC)cc(S(=O)(=O)O)cc2c1. The quantitative estimate of drug-likeness (QED) is 0.0720. The van der Waals surface area contributed by atoms with Crippen molar-refractivity contribution in [1.29, 1.82) is 0 Å². The highest BCUT2D eigenvalue weighted by atomic mass is 32.2. The second-order valence-electron chi connectivity index (χ2n) is 13.6. The summed E-state index contributed by atoms with van der Waals surface area (Å²) in [6, 6.07) is 9.91. The van der Waals surface area contributed by atoms with Gasteiger partial charge in [-0.2, -0.15) is 8.42 Å². The smallest absolute Gasteiger partial charge is 0.282 e. The molecule has 0 radical (unpaired) electrons. The molecule has 0 heterocycles. The van der Waals surface area contributed by atoms with E-state index in [4.69, 9.17) is 0 Å². The molecular formula is C40H68O3S. The van der Waals surface area contributed by atoms with E-state index in [-0.39, 0.29) is 4.90 Å². The van der Waals surface area contributed by atoms with E-state index in [0.29, 0.717) is 0 Å². The summed E-state index contributed by atoms with van der Waals surface area (Å²) in [6.07, 6.45) is 36.6. The second-order valence-corrected chi connectivity index (χ2v) is 15.0. The van der Waals surface area contributed by atoms with Crippen LogP contribution in [0.4, 0.5) is 0 Å². The maximum absolute atomic E-state index is 12.1. The second kappa shape index (κ2) is 24.8. The molecule has 2 rings (SSSR count). The van der Waals surface area contributed by atoms with E-state index in [9.17, 15) is 13.0 Å². The highest BCUT2D eigenvalue weighted by Gasteiger charge is 2.14. The fraction of sp³-hybridized carbons (Fsp3) is 0.750. The average molecular weight is 629 g/mol. The molecule has 252 valence electrons. The van der Waals surface area contributed by atoms with Crippen molar-refractivity contribution in [2.24, 2.45) is 0 Å². The summed E-state index contributed by atoms with van der Waals surface area (Å²) in [4.78, 5) is 0.0350. The minimum atomic E-state index is -4.23. The minimum Gasteiger partial charge on any atom is -0.282 e. The average Bonchev–Trinajstić information content (AvgIpc) is 3.01. The fourth-order valence-electron chi connectivity index (χ4n) is 6.66. The van der Waals surface area contributed by atoms with Crippen LogP contribution in [-0.4, -0.2) is 13.0 Å². The first-order valence-corrected chi connectivity index (χ1v) is 20.4. The van der Waals surface area contributed by atoms with Gasteiger partial charge in [0.2, 0.25) is 0 Å². The molecule has 0 atom stereocenters. The third-order valence-corrected chi connectivity index (χ3v) is 10.3. The van der Waals surface area contributed by atoms with Crippen molar-refractivity contribution < 1.29 is 13.0 Å². The first-order valence-electron chi connectivity index (χ1n) is 19.0. The van der Waals surface area contributed by atoms with E-state index in [0.717, 1.165) is 35.6 Å². The lowest BCUT2D eigenvalue weighted by Crippen LogP contribution is -2.01. The van der Waals surface area contributed by atoms with Crippen LogP contribution in [0.5, 0.6) is 0 Å². The Morgan fingerprint density at radius 1 is 0.477 bits per heavy atom. The van der Waals surface area contributed by atoms with Crippen molar-refractivity contribution in [2.75, 3.05) is 0 Å². The van der Waals surface area contributed by atoms with Gasteiger partial charge in [0.15, 0.2) is 0 Å². The van der Waals surface area contributed by atoms with E-state index in [1.165, 1.54) is 166 Å². The van der Waals surface area contributed by atoms with Crippen LogP contribution < -0.4 is 0 Å². The molecule has 2 aromatic rings. The highest BCUT2D eigenvalue weighted by molar-refractivity contribution is 7.85. The number of unbranched alkanes of at least 4 members (excludes halogenated alkanes) is 24. The van der Waals surface area contributed by atoms with Crippen LogP contribution >= 0.6 is 0 Å². The lowest BCUT2D eigenvalue weighted by molar-refractivity contribution is 0.483. The number of hydrogen-bond acceptors (Lipinski definition) is 2. The van der Waals surface area contributed by atoms with Gasteiger partial charge in [-0.05, 0) is 59.7 Å². The highest BCUT2D eigenvalue weighted by Crippen LogP contribution is 2.27. The third-order valence-electron chi connectivity index (χ3n) is 9.49. The molecule has 0 amide bonds. The van der Waals surface area contributed by atoms with Gasteiger partial charge in [0.25, 0.3) is 10.1 Å². The summed E-state index contributed by atoms with van der Waals surface area (Å²) >= 11 is 0. The van der Waals surface area contributed by atoms with Gasteiger partial charge in [0, 0.05) is 0 Å². The Morgan fingerprint density at radius 2 is 0.864 bits per heavy atom. The maximum atomic E-state index is 12.1. The standard InChI is InChI=1S/C40H68O3S/c1-3-5-7-9-11-13-15-17-19-21-23-25-27-29-36-31-32-40-37(34-39(44(41,42)43)35-38(40)33-36)30-28-26-24-22-20-18-16-14-12-10-8-6-4-2/h31-35H,3-30H2,1-2H3,(H,41,42,43). The Bertz CT molecular complexity index is 1090. The predicted molar refractivity (Wildman–Crippen MR) is 193 cm³/mol. The van der Waals surface area contributed by atoms with Crippen LogP contribution in [0.1, 0.15) is 192 Å². The monoisotopic (exact) mass is 628 g/mol. The van der Waals surface area contributed by atoms with Crippen molar-refractivity contribution in [1.82, 2.24) is 0 Å². The van der Waals surface area contributed by atoms with Crippen LogP contribution in [0.2, 0.25) is 0 Å². The Labute approximate surface area is 273 Å². The predicted octanol–water partition coefficient (Wildman–Crippen LogP) is 13.4. The van der Waals surface area contributed by atoms with Gasteiger partial charge in [-0.25, -0.2) is 0 Å². The van der Waals surface area contributed by atoms with Crippen LogP contribution in [-0.2, 0) is 23.0 Å². The molecule has 0 aliphatic carbocycles. The molecule has 0 saturated heterocycles. The Balaban J connectivity index is 1.69. The van der Waals surface area contributed by atoms with Crippen LogP contribution in [0.25, 0.3) is 10.8 Å². The van der Waals surface area contributed by atoms with Crippen LogP contribution in [0.3, 0.4) is 0 Å². The first-order chi connectivity index (χ1) is 21.5. The molecule has 1 N–H and O–H groups in total. The summed E-state index contributed by atoms with van der Waals surface area (Å²) in [5.41, 5.74) is 2.31. The van der Waals surface area contributed by atoms with Crippen LogP contribution in [0.15, 0.2) is 35.2 Å². The molecule has 3 nitrogen and oxygen atoms in total. The van der Waals surface area contributed by atoms with Gasteiger partial charge in [-0.1, -0.05) is 186 Å². The lowest BCUT2D eigenvalue weighted by atomic mass is 9.96. The zero-order chi connectivity index (χ0) is 31.7. The summed E-state index contributed by atoms with van der Waals surface area (Å²) < 4.78 is 34.0. The van der Waals surface area contributed by atoms with Crippen molar-refractivity contribution in [2.45, 2.75) is 199 Å². The summed E-state index contributed by atoms with van der Waals surface area (Å²) in [6.45, 7) is 4.55. The Morgan fingerprint density at radius 3 is 1.27 bits per heavy atom. The van der Waals surface area contributed by atoms with Crippen molar-refractivity contribution in [3.63, 3.8) is 0 Å². The van der Waals surface area contributed by atoms with Crippen molar-refractivity contribution in [3.05, 3.63) is 41.5 Å². The van der Waals surface area contributed by atoms with Gasteiger partial charge in [-0.15, -0.1) is 0 Å². The first kappa shape index (κ1) is 38.8. The van der Waals surface area contributed by atoms with E-state index in [1.54, 1.807) is 12.1 Å². The molecule has 0 aliphatic heterocycles. The topological polar surface area (TPSA) is 54.4 Å². The van der Waals surface area contributed by atoms with Gasteiger partial charge in [-0.3, -0.25) is 4.55 Å². The minimum absolute atomic E-state index is 0.0350. The molecule has 0 unspecified atom stereocenters. The lowest BCUT2D eigenvalue weighted by Gasteiger charge is -2.11. The molecule has 2 aromatic carbocycles. The summed E-state index contributed by atoms with van der Waals surface area (Å²) in [5, 5.41) is 2.07. The van der Waals surface area contributed by atoms with Crippen molar-refractivity contribution in [3.8, 4) is 0 Å². The Kier molecular flexibility index (Phi) is 21.9. The molecule has 0 fully saturated rings. The van der Waals surface area contributed by atoms with Gasteiger partial charge in [0.05, 0.1) is 4.90 Å². The number of rotatable bonds is 29. The molecule has 0 aromatic heterocycles. The van der Waals surface area contributed by atoms with E-state index >= 15 is 0 Å². The fourth-order valence-corrected chi connectivity index (χ4v) is 7.23. The molecule has 4 heteroatoms. The molecule has 44 heavy (non-hydrogen) atoms. The van der Waals surface area contributed by atoms with Gasteiger partial charge < -0.3 is 0 Å². The Hall–Kier alpha value is -1.39. The third kappa shape index (κ3) is 17.9. The zero-order valence-corrected chi connectivity index (χ0v) is 29.7. The maximum Gasteiger partial charge on any atom is 0.294 e. The summed E-state index contributed by atoms with van der Waals surface area (Å²) in [5.74, 6) is 0. The number of benzene rings is 2. The van der Waals surface area contributed by atoms with Gasteiger partial charge in [0.1, 0.15) is 0 Å². The van der Waals surface area contributed by atoms with Crippen LogP contribution in [0, 0.1) is 0 Å². The van der Waals surface area contributed by atoms with Gasteiger partial charge >= 0.3 is 0 Å². The molecule has 0 bridgehead atoms. The largest absolute Gasteiger partial charge is 0.294 e. The molecule has 0 spiro atoms. The molecule has 0 saturated carbocycles. The zero-order valence-electron chi connectivity index (χ0n) is 28.9. The number of fused-ring (bicyclic) bond motifs is 1. The van der Waals surface area contributed by atoms with Crippen molar-refractivity contribution >= 4 is 20.9 Å². The molecular weight excluding hydrogens is 561 g/mol. The number of aryl methyl sites for hydroxylation is 2. The van der Waals surface area contributed by atoms with E-state index in [1.807, 2.05) is 0 Å². The van der Waals surface area contributed by atoms with E-state index in [2.05, 4.69) is 32.0 Å². The molecule has 0 aliphatic rings. The van der Waals surface area contributed by atoms with E-state index < -0.39 is 10.1 Å². The normalized spacial score (nSPS) is 12.0. The summed E-state index contributed by atoms with van der Waals surface area (Å²) in [7, 11) is -4.23. The number of hydrogen-bond donors (Lipinski definition) is 1.